The molecule has 0 aliphatic rings. The topological polar surface area (TPSA) is 50.4 Å². The largest absolute Gasteiger partial charge is 0.355 e. The first kappa shape index (κ1) is 11.4. The van der Waals surface area contributed by atoms with E-state index < -0.39 is 5.41 Å². The summed E-state index contributed by atoms with van der Waals surface area (Å²) < 4.78 is 0. The predicted octanol–water partition coefficient (Wildman–Crippen LogP) is 0.993. The highest BCUT2D eigenvalue weighted by Crippen LogP contribution is 2.13. The fraction of sp³-hybridized carbons (Fsp3) is 0.875. The second-order valence-corrected chi connectivity index (χ2v) is 4.04. The van der Waals surface area contributed by atoms with Gasteiger partial charge in [0.1, 0.15) is 0 Å². The molecule has 0 amide bonds. The van der Waals surface area contributed by atoms with Gasteiger partial charge in [0.05, 0.1) is 5.41 Å². The lowest BCUT2D eigenvalue weighted by Crippen LogP contribution is -2.41. The second kappa shape index (κ2) is 4.42. The predicted molar refractivity (Wildman–Crippen MR) is 47.0 cm³/mol. The molecule has 0 aromatic rings. The van der Waals surface area contributed by atoms with Crippen molar-refractivity contribution < 1.29 is 9.63 Å². The molecule has 0 rings (SSSR count). The number of hydrogen-bond acceptors (Lipinski definition) is 4. The van der Waals surface area contributed by atoms with E-state index in [0.29, 0.717) is 0 Å². The van der Waals surface area contributed by atoms with Crippen LogP contribution in [0, 0.1) is 5.41 Å². The van der Waals surface area contributed by atoms with Crippen molar-refractivity contribution in [2.24, 2.45) is 5.41 Å². The van der Waals surface area contributed by atoms with Crippen LogP contribution < -0.4 is 11.0 Å². The van der Waals surface area contributed by atoms with Crippen molar-refractivity contribution >= 4 is 5.97 Å². The minimum Gasteiger partial charge on any atom is -0.355 e. The Morgan fingerprint density at radius 1 is 1.33 bits per heavy atom. The van der Waals surface area contributed by atoms with E-state index in [2.05, 4.69) is 11.0 Å². The van der Waals surface area contributed by atoms with E-state index in [9.17, 15) is 4.79 Å². The summed E-state index contributed by atoms with van der Waals surface area (Å²) in [5.41, 5.74) is 4.68. The Morgan fingerprint density at radius 3 is 2.17 bits per heavy atom. The van der Waals surface area contributed by atoms with Crippen LogP contribution in [0.25, 0.3) is 0 Å². The summed E-state index contributed by atoms with van der Waals surface area (Å²) in [6, 6.07) is 0.234. The number of carbonyl (C=O) groups is 1. The summed E-state index contributed by atoms with van der Waals surface area (Å²) in [5, 5.41) is 0. The Labute approximate surface area is 73.6 Å². The van der Waals surface area contributed by atoms with Gasteiger partial charge in [-0.15, -0.1) is 0 Å². The van der Waals surface area contributed by atoms with Crippen LogP contribution in [0.4, 0.5) is 0 Å². The zero-order valence-corrected chi connectivity index (χ0v) is 8.39. The Bertz CT molecular complexity index is 150. The van der Waals surface area contributed by atoms with E-state index in [1.54, 1.807) is 20.8 Å². The SMILES string of the molecule is CC(C)NNOC(=O)C(C)(C)C. The van der Waals surface area contributed by atoms with Gasteiger partial charge in [-0.05, 0) is 34.6 Å². The van der Waals surface area contributed by atoms with Gasteiger partial charge in [0, 0.05) is 6.04 Å². The Hall–Kier alpha value is -0.610. The first-order valence-corrected chi connectivity index (χ1v) is 4.06. The van der Waals surface area contributed by atoms with Gasteiger partial charge >= 0.3 is 5.97 Å². The quantitative estimate of drug-likeness (QED) is 0.626. The molecule has 0 aromatic heterocycles. The highest BCUT2D eigenvalue weighted by Gasteiger charge is 2.23. The summed E-state index contributed by atoms with van der Waals surface area (Å²) in [7, 11) is 0. The molecule has 0 aromatic carbocycles. The van der Waals surface area contributed by atoms with Gasteiger partial charge in [-0.2, -0.15) is 0 Å². The molecule has 0 unspecified atom stereocenters. The van der Waals surface area contributed by atoms with Crippen molar-refractivity contribution in [2.45, 2.75) is 40.7 Å². The molecule has 0 heterocycles. The molecular weight excluding hydrogens is 156 g/mol. The van der Waals surface area contributed by atoms with Crippen LogP contribution in [0.1, 0.15) is 34.6 Å². The van der Waals surface area contributed by atoms with E-state index in [4.69, 9.17) is 4.84 Å². The molecule has 0 fully saturated rings. The molecule has 0 saturated carbocycles. The van der Waals surface area contributed by atoms with Crippen LogP contribution in [0.15, 0.2) is 0 Å². The maximum Gasteiger partial charge on any atom is 0.331 e. The van der Waals surface area contributed by atoms with Crippen LogP contribution in [-0.4, -0.2) is 12.0 Å². The summed E-state index contributed by atoms with van der Waals surface area (Å²) in [4.78, 5) is 15.8. The highest BCUT2D eigenvalue weighted by atomic mass is 16.7. The molecule has 0 spiro atoms. The third-order valence-corrected chi connectivity index (χ3v) is 1.10. The highest BCUT2D eigenvalue weighted by molar-refractivity contribution is 5.74. The first-order valence-electron chi connectivity index (χ1n) is 4.06. The van der Waals surface area contributed by atoms with Crippen molar-refractivity contribution in [2.75, 3.05) is 0 Å². The molecule has 72 valence electrons. The zero-order valence-electron chi connectivity index (χ0n) is 8.39. The number of carbonyl (C=O) groups excluding carboxylic acids is 1. The fourth-order valence-electron chi connectivity index (χ4n) is 0.347. The summed E-state index contributed by atoms with van der Waals surface area (Å²) in [6.45, 7) is 9.28. The van der Waals surface area contributed by atoms with Gasteiger partial charge in [-0.3, -0.25) is 0 Å². The molecule has 2 N–H and O–H groups in total. The molecule has 0 aliphatic heterocycles. The molecule has 0 atom stereocenters. The van der Waals surface area contributed by atoms with Crippen LogP contribution in [-0.2, 0) is 9.63 Å². The molecule has 12 heavy (non-hydrogen) atoms. The van der Waals surface area contributed by atoms with E-state index >= 15 is 0 Å². The minimum absolute atomic E-state index is 0.234. The van der Waals surface area contributed by atoms with Crippen LogP contribution in [0.3, 0.4) is 0 Å². The fourth-order valence-corrected chi connectivity index (χ4v) is 0.347. The van der Waals surface area contributed by atoms with Crippen molar-refractivity contribution in [3.8, 4) is 0 Å². The van der Waals surface area contributed by atoms with Gasteiger partial charge in [-0.25, -0.2) is 10.2 Å². The maximum atomic E-state index is 11.1. The maximum absolute atomic E-state index is 11.1. The van der Waals surface area contributed by atoms with Gasteiger partial charge in [-0.1, -0.05) is 5.59 Å². The summed E-state index contributed by atoms with van der Waals surface area (Å²) in [5.74, 6) is -0.282. The smallest absolute Gasteiger partial charge is 0.331 e. The van der Waals surface area contributed by atoms with Gasteiger partial charge in [0.15, 0.2) is 0 Å². The lowest BCUT2D eigenvalue weighted by Gasteiger charge is -2.17. The third kappa shape index (κ3) is 5.09. The van der Waals surface area contributed by atoms with Gasteiger partial charge in [0.25, 0.3) is 0 Å². The standard InChI is InChI=1S/C8H18N2O2/c1-6(2)9-10-12-7(11)8(3,4)5/h6,9-10H,1-5H3. The molecule has 0 aliphatic carbocycles. The van der Waals surface area contributed by atoms with Crippen molar-refractivity contribution in [1.82, 2.24) is 11.0 Å². The van der Waals surface area contributed by atoms with Crippen LogP contribution >= 0.6 is 0 Å². The Morgan fingerprint density at radius 2 is 1.83 bits per heavy atom. The van der Waals surface area contributed by atoms with E-state index in [0.717, 1.165) is 0 Å². The van der Waals surface area contributed by atoms with Crippen molar-refractivity contribution in [3.05, 3.63) is 0 Å². The van der Waals surface area contributed by atoms with E-state index in [1.165, 1.54) is 0 Å². The van der Waals surface area contributed by atoms with Crippen LogP contribution in [0.2, 0.25) is 0 Å². The Balaban J connectivity index is 3.59. The molecule has 4 nitrogen and oxygen atoms in total. The number of hydrazine groups is 1. The molecule has 0 saturated heterocycles. The number of hydrogen-bond donors (Lipinski definition) is 2. The summed E-state index contributed by atoms with van der Waals surface area (Å²) in [6.07, 6.45) is 0. The lowest BCUT2D eigenvalue weighted by molar-refractivity contribution is -0.163. The van der Waals surface area contributed by atoms with Gasteiger partial charge in [0.2, 0.25) is 0 Å². The monoisotopic (exact) mass is 174 g/mol. The normalized spacial score (nSPS) is 11.8. The molecular formula is C8H18N2O2. The minimum atomic E-state index is -0.467. The van der Waals surface area contributed by atoms with E-state index in [-0.39, 0.29) is 12.0 Å². The lowest BCUT2D eigenvalue weighted by atomic mass is 9.98. The first-order chi connectivity index (χ1) is 5.34. The number of rotatable bonds is 3. The molecule has 0 bridgehead atoms. The summed E-state index contributed by atoms with van der Waals surface area (Å²) >= 11 is 0. The van der Waals surface area contributed by atoms with E-state index in [1.807, 2.05) is 13.8 Å². The van der Waals surface area contributed by atoms with Gasteiger partial charge < -0.3 is 4.84 Å². The Kier molecular flexibility index (Phi) is 4.20. The average Bonchev–Trinajstić information content (AvgIpc) is 1.84. The molecule has 0 radical (unpaired) electrons. The second-order valence-electron chi connectivity index (χ2n) is 4.04. The molecule has 4 heteroatoms. The number of nitrogens with one attached hydrogen (secondary N) is 2. The average molecular weight is 174 g/mol. The third-order valence-electron chi connectivity index (χ3n) is 1.10. The zero-order chi connectivity index (χ0) is 9.78. The van der Waals surface area contributed by atoms with Crippen LogP contribution in [0.5, 0.6) is 0 Å². The van der Waals surface area contributed by atoms with Crippen molar-refractivity contribution in [1.29, 1.82) is 0 Å². The van der Waals surface area contributed by atoms with Crippen molar-refractivity contribution in [3.63, 3.8) is 0 Å².